The number of likely N-dealkylation sites (N-methyl/N-ethyl adjacent to an activating group) is 1. The Kier molecular flexibility index (Phi) is 19.2. The molecular formula is C56H68FN9O12S. The number of phenols is 1. The Morgan fingerprint density at radius 3 is 2.46 bits per heavy atom. The number of carbonyl (C=O) groups is 7. The number of alkyl halides is 1. The number of likely N-dealkylation sites (tertiary alicyclic amines) is 1. The summed E-state index contributed by atoms with van der Waals surface area (Å²) in [4.78, 5) is 99.4. The second kappa shape index (κ2) is 25.8. The second-order valence-electron chi connectivity index (χ2n) is 21.0. The molecule has 9 N–H and O–H groups in total. The van der Waals surface area contributed by atoms with E-state index in [1.54, 1.807) is 38.4 Å². The predicted octanol–water partition coefficient (Wildman–Crippen LogP) is 3.95. The van der Waals surface area contributed by atoms with Crippen LogP contribution in [0.3, 0.4) is 0 Å². The molecule has 21 nitrogen and oxygen atoms in total. The van der Waals surface area contributed by atoms with Crippen molar-refractivity contribution in [2.75, 3.05) is 53.0 Å². The van der Waals surface area contributed by atoms with E-state index in [2.05, 4.69) is 31.6 Å². The van der Waals surface area contributed by atoms with Gasteiger partial charge in [-0.1, -0.05) is 63.2 Å². The van der Waals surface area contributed by atoms with Gasteiger partial charge in [-0.05, 0) is 72.9 Å². The van der Waals surface area contributed by atoms with Crippen molar-refractivity contribution >= 4 is 64.2 Å². The zero-order valence-corrected chi connectivity index (χ0v) is 45.6. The zero-order chi connectivity index (χ0) is 57.2. The van der Waals surface area contributed by atoms with Crippen molar-refractivity contribution in [1.29, 1.82) is 5.41 Å². The fourth-order valence-corrected chi connectivity index (χ4v) is 9.96. The van der Waals surface area contributed by atoms with Gasteiger partial charge in [-0.25, -0.2) is 9.37 Å². The van der Waals surface area contributed by atoms with E-state index in [1.165, 1.54) is 40.3 Å². The molecule has 0 radical (unpaired) electrons. The third-order valence-electron chi connectivity index (χ3n) is 13.9. The number of hydrogen-bond donors (Lipinski definition) is 9. The molecule has 7 amide bonds. The number of phenolic OH excluding ortho intramolecular Hbond substituents is 1. The molecule has 0 bridgehead atoms. The summed E-state index contributed by atoms with van der Waals surface area (Å²) < 4.78 is 26.2. The first-order valence-electron chi connectivity index (χ1n) is 26.0. The summed E-state index contributed by atoms with van der Waals surface area (Å²) in [7, 11) is 1.49. The Bertz CT molecular complexity index is 2990. The highest BCUT2D eigenvalue weighted by Gasteiger charge is 2.53. The number of aliphatic hydroxyl groups is 2. The van der Waals surface area contributed by atoms with Gasteiger partial charge in [0.1, 0.15) is 35.1 Å². The predicted molar refractivity (Wildman–Crippen MR) is 291 cm³/mol. The van der Waals surface area contributed by atoms with Crippen LogP contribution in [0.25, 0.3) is 16.2 Å². The third-order valence-corrected chi connectivity index (χ3v) is 14.9. The van der Waals surface area contributed by atoms with E-state index in [0.717, 1.165) is 45.8 Å². The van der Waals surface area contributed by atoms with Gasteiger partial charge in [-0.3, -0.25) is 39.0 Å². The van der Waals surface area contributed by atoms with Crippen molar-refractivity contribution in [3.8, 4) is 21.9 Å². The molecule has 2 fully saturated rings. The summed E-state index contributed by atoms with van der Waals surface area (Å²) in [5, 5.41) is 53.8. The lowest BCUT2D eigenvalue weighted by atomic mass is 9.85. The summed E-state index contributed by atoms with van der Waals surface area (Å²) in [6.07, 6.45) is 1.53. The number of halogens is 1. The van der Waals surface area contributed by atoms with Crippen molar-refractivity contribution in [2.45, 2.75) is 103 Å². The molecule has 7 rings (SSSR count). The van der Waals surface area contributed by atoms with Gasteiger partial charge >= 0.3 is 0 Å². The number of amides is 7. The number of benzene rings is 3. The van der Waals surface area contributed by atoms with Crippen LogP contribution in [0.5, 0.6) is 11.5 Å². The average molecular weight is 1110 g/mol. The Morgan fingerprint density at radius 1 is 1.00 bits per heavy atom. The standard InChI is InChI=1S/C56H68FN9O12S/c1-32-48(79-31-62-32)35-10-11-36(28-61-51(73)42-26-37(67)29-66(42)53(75)49(55(2,3)4)64-54(76)56(57)17-18-56)45(25-35)78-30-47(71)60-20-23-77-22-16-46(70)59-19-21-65(5)52(74)39-14-12-34(24-44(39)69)43(68)27-40(58)50(72)63-41-15-13-33-8-6-7-9-38(33)41/h6-12,14,24-25,27,31,37,41-42,49,58,67-69H,13,15-23,26,28-30H2,1-5H3,(H,59,70)(H,60,71)(H,61,73)(H,63,72)(H,64,76)/b43-27-,58-40?/t37-,41?,42+,49-/m1/s1. The number of aliphatic hydroxyl groups excluding tert-OH is 2. The first-order valence-corrected chi connectivity index (χ1v) is 26.9. The van der Waals surface area contributed by atoms with Crippen molar-refractivity contribution in [2.24, 2.45) is 5.41 Å². The van der Waals surface area contributed by atoms with Gasteiger partial charge in [-0.15, -0.1) is 11.3 Å². The van der Waals surface area contributed by atoms with E-state index in [9.17, 15) is 53.3 Å². The molecular weight excluding hydrogens is 1040 g/mol. The molecule has 422 valence electrons. The number of ether oxygens (including phenoxy) is 2. The minimum Gasteiger partial charge on any atom is -0.507 e. The Hall–Kier alpha value is -7.76. The van der Waals surface area contributed by atoms with Crippen LogP contribution >= 0.6 is 11.3 Å². The first kappa shape index (κ1) is 58.9. The van der Waals surface area contributed by atoms with Gasteiger partial charge in [-0.2, -0.15) is 0 Å². The maximum atomic E-state index is 14.6. The monoisotopic (exact) mass is 1110 g/mol. The van der Waals surface area contributed by atoms with Crippen molar-refractivity contribution in [3.63, 3.8) is 0 Å². The number of aromatic hydroxyl groups is 1. The van der Waals surface area contributed by atoms with Gasteiger partial charge < -0.3 is 61.2 Å². The van der Waals surface area contributed by atoms with Crippen molar-refractivity contribution in [3.05, 3.63) is 106 Å². The average Bonchev–Trinajstić information content (AvgIpc) is 3.69. The van der Waals surface area contributed by atoms with Crippen LogP contribution in [-0.2, 0) is 46.5 Å². The van der Waals surface area contributed by atoms with Crippen molar-refractivity contribution < 1.29 is 62.7 Å². The molecule has 1 aromatic heterocycles. The van der Waals surface area contributed by atoms with E-state index in [0.29, 0.717) is 17.7 Å². The molecule has 3 aromatic carbocycles. The van der Waals surface area contributed by atoms with Gasteiger partial charge in [0.15, 0.2) is 12.3 Å². The van der Waals surface area contributed by atoms with Crippen LogP contribution in [0.1, 0.15) is 97.2 Å². The van der Waals surface area contributed by atoms with Crippen LogP contribution in [0.15, 0.2) is 72.3 Å². The molecule has 1 unspecified atom stereocenters. The zero-order valence-electron chi connectivity index (χ0n) is 44.8. The SMILES string of the molecule is Cc1ncsc1-c1ccc(CNC(=O)[C@@H]2C[C@@H](O)CN2C(=O)[C@@H](NC(=O)C2(F)CC2)C(C)(C)C)c(OCC(=O)NCCOCCC(=O)NCCN(C)C(=O)c2ccc(/C(O)=C/C(=N)C(=O)NC3CCc4ccccc43)cc2O)c1. The minimum absolute atomic E-state index is 0.0110. The molecule has 1 aliphatic heterocycles. The number of rotatable bonds is 24. The summed E-state index contributed by atoms with van der Waals surface area (Å²) >= 11 is 1.42. The van der Waals surface area contributed by atoms with Gasteiger partial charge in [0, 0.05) is 69.8 Å². The van der Waals surface area contributed by atoms with Crippen LogP contribution in [0, 0.1) is 17.7 Å². The third kappa shape index (κ3) is 15.3. The van der Waals surface area contributed by atoms with Crippen LogP contribution < -0.4 is 31.3 Å². The Labute approximate surface area is 460 Å². The van der Waals surface area contributed by atoms with E-state index in [-0.39, 0.29) is 94.7 Å². The van der Waals surface area contributed by atoms with Crippen LogP contribution in [0.4, 0.5) is 4.39 Å². The summed E-state index contributed by atoms with van der Waals surface area (Å²) in [6, 6.07) is 14.4. The molecule has 23 heteroatoms. The van der Waals surface area contributed by atoms with E-state index in [1.807, 2.05) is 37.3 Å². The normalized spacial score (nSPS) is 17.7. The molecule has 0 spiro atoms. The maximum Gasteiger partial charge on any atom is 0.269 e. The topological polar surface area (TPSA) is 302 Å². The highest BCUT2D eigenvalue weighted by Crippen LogP contribution is 2.41. The molecule has 4 atom stereocenters. The van der Waals surface area contributed by atoms with E-state index >= 15 is 0 Å². The smallest absolute Gasteiger partial charge is 0.269 e. The lowest BCUT2D eigenvalue weighted by Gasteiger charge is -2.35. The number of nitrogens with one attached hydrogen (secondary N) is 6. The fourth-order valence-electron chi connectivity index (χ4n) is 9.16. The molecule has 3 aliphatic rings. The minimum atomic E-state index is -2.02. The molecule has 4 aromatic rings. The van der Waals surface area contributed by atoms with Crippen LogP contribution in [0.2, 0.25) is 0 Å². The molecule has 2 heterocycles. The number of fused-ring (bicyclic) bond motifs is 1. The van der Waals surface area contributed by atoms with E-state index < -0.39 is 88.5 Å². The van der Waals surface area contributed by atoms with E-state index in [4.69, 9.17) is 14.9 Å². The van der Waals surface area contributed by atoms with Gasteiger partial charge in [0.05, 0.1) is 47.0 Å². The summed E-state index contributed by atoms with van der Waals surface area (Å²) in [5.74, 6) is -4.71. The van der Waals surface area contributed by atoms with Crippen molar-refractivity contribution in [1.82, 2.24) is 41.4 Å². The number of aromatic nitrogens is 1. The lowest BCUT2D eigenvalue weighted by Crippen LogP contribution is -2.59. The number of thiazole rings is 1. The number of nitrogens with zero attached hydrogens (tertiary/aromatic N) is 3. The van der Waals surface area contributed by atoms with Crippen LogP contribution in [-0.4, -0.2) is 154 Å². The Morgan fingerprint density at radius 2 is 1.75 bits per heavy atom. The lowest BCUT2D eigenvalue weighted by molar-refractivity contribution is -0.145. The summed E-state index contributed by atoms with van der Waals surface area (Å²) in [5.41, 5.74) is 2.55. The number of β-amino-alcohol motifs (C(OH)–C–C–N with tert-alkyl or cyclic N) is 1. The quantitative estimate of drug-likeness (QED) is 0.0273. The number of carbonyl (C=O) groups excluding carboxylic acids is 7. The number of aryl methyl sites for hydroxylation is 2. The van der Waals surface area contributed by atoms with Gasteiger partial charge in [0.2, 0.25) is 17.7 Å². The second-order valence-corrected chi connectivity index (χ2v) is 21.8. The Balaban J connectivity index is 0.813. The summed E-state index contributed by atoms with van der Waals surface area (Å²) in [6.45, 7) is 6.75. The largest absolute Gasteiger partial charge is 0.507 e. The first-order chi connectivity index (χ1) is 37.5. The number of hydrogen-bond acceptors (Lipinski definition) is 15. The highest BCUT2D eigenvalue weighted by molar-refractivity contribution is 7.13. The molecule has 1 saturated heterocycles. The maximum absolute atomic E-state index is 14.6. The highest BCUT2D eigenvalue weighted by atomic mass is 32.1. The molecule has 79 heavy (non-hydrogen) atoms. The molecule has 1 saturated carbocycles. The fraction of sp³-hybridized carbons (Fsp3) is 0.446. The van der Waals surface area contributed by atoms with Gasteiger partial charge in [0.25, 0.3) is 23.6 Å². The molecule has 2 aliphatic carbocycles.